The van der Waals surface area contributed by atoms with Gasteiger partial charge in [-0.15, -0.1) is 0 Å². The second-order valence-electron chi connectivity index (χ2n) is 7.77. The first-order valence-electron chi connectivity index (χ1n) is 10.3. The standard InChI is InChI=1S/C23H29N3O2/c27-22-20-10-4-5-11-21(20)23(28)26(22)13-7-6-12-24-14-16-25(17-15-24)18-19-8-2-1-3-9-19/h1-5,8-11,22,27H,6-7,12-18H2. The van der Waals surface area contributed by atoms with Gasteiger partial charge in [0.2, 0.25) is 0 Å². The van der Waals surface area contributed by atoms with E-state index < -0.39 is 6.23 Å². The lowest BCUT2D eigenvalue weighted by atomic mass is 10.1. The number of carbonyl (C=O) groups is 1. The maximum atomic E-state index is 12.4. The Morgan fingerprint density at radius 2 is 1.46 bits per heavy atom. The van der Waals surface area contributed by atoms with Crippen molar-refractivity contribution in [2.45, 2.75) is 25.6 Å². The third-order valence-electron chi connectivity index (χ3n) is 5.86. The summed E-state index contributed by atoms with van der Waals surface area (Å²) in [6.07, 6.45) is 1.18. The number of fused-ring (bicyclic) bond motifs is 1. The Morgan fingerprint density at radius 1 is 0.821 bits per heavy atom. The van der Waals surface area contributed by atoms with Crippen molar-refractivity contribution >= 4 is 5.91 Å². The van der Waals surface area contributed by atoms with E-state index in [2.05, 4.69) is 40.1 Å². The third-order valence-corrected chi connectivity index (χ3v) is 5.86. The number of hydrogen-bond acceptors (Lipinski definition) is 4. The Labute approximate surface area is 167 Å². The van der Waals surface area contributed by atoms with Gasteiger partial charge in [-0.2, -0.15) is 0 Å². The second kappa shape index (κ2) is 8.86. The Balaban J connectivity index is 1.16. The average Bonchev–Trinajstić information content (AvgIpc) is 2.98. The molecule has 0 radical (unpaired) electrons. The van der Waals surface area contributed by atoms with Crippen LogP contribution in [-0.2, 0) is 6.54 Å². The fourth-order valence-electron chi connectivity index (χ4n) is 4.20. The average molecular weight is 380 g/mol. The van der Waals surface area contributed by atoms with Crippen molar-refractivity contribution in [2.24, 2.45) is 0 Å². The summed E-state index contributed by atoms with van der Waals surface area (Å²) < 4.78 is 0. The van der Waals surface area contributed by atoms with E-state index in [1.54, 1.807) is 11.0 Å². The molecular formula is C23H29N3O2. The molecule has 0 aliphatic carbocycles. The van der Waals surface area contributed by atoms with Crippen LogP contribution in [-0.4, -0.2) is 65.0 Å². The largest absolute Gasteiger partial charge is 0.369 e. The monoisotopic (exact) mass is 379 g/mol. The highest BCUT2D eigenvalue weighted by molar-refractivity contribution is 5.98. The van der Waals surface area contributed by atoms with Gasteiger partial charge < -0.3 is 14.9 Å². The van der Waals surface area contributed by atoms with Gasteiger partial charge in [0, 0.05) is 50.4 Å². The van der Waals surface area contributed by atoms with Crippen molar-refractivity contribution in [3.8, 4) is 0 Å². The zero-order valence-electron chi connectivity index (χ0n) is 16.3. The topological polar surface area (TPSA) is 47.0 Å². The minimum absolute atomic E-state index is 0.0439. The number of aliphatic hydroxyl groups excluding tert-OH is 1. The molecule has 0 bridgehead atoms. The van der Waals surface area contributed by atoms with E-state index in [9.17, 15) is 9.90 Å². The zero-order valence-corrected chi connectivity index (χ0v) is 16.3. The number of benzene rings is 2. The van der Waals surface area contributed by atoms with E-state index in [0.717, 1.165) is 57.7 Å². The number of rotatable bonds is 7. The SMILES string of the molecule is O=C1c2ccccc2C(O)N1CCCCN1CCN(Cc2ccccc2)CC1. The second-order valence-corrected chi connectivity index (χ2v) is 7.77. The molecule has 2 aliphatic rings. The molecule has 2 aliphatic heterocycles. The molecule has 1 atom stereocenters. The van der Waals surface area contributed by atoms with Gasteiger partial charge in [-0.25, -0.2) is 0 Å². The number of nitrogens with zero attached hydrogens (tertiary/aromatic N) is 3. The minimum Gasteiger partial charge on any atom is -0.369 e. The zero-order chi connectivity index (χ0) is 19.3. The van der Waals surface area contributed by atoms with Crippen molar-refractivity contribution in [1.29, 1.82) is 0 Å². The normalized spacial score (nSPS) is 20.5. The van der Waals surface area contributed by atoms with E-state index in [-0.39, 0.29) is 5.91 Å². The molecule has 0 saturated carbocycles. The summed E-state index contributed by atoms with van der Waals surface area (Å²) in [5.41, 5.74) is 2.76. The van der Waals surface area contributed by atoms with E-state index in [0.29, 0.717) is 12.1 Å². The van der Waals surface area contributed by atoms with Crippen LogP contribution in [0.4, 0.5) is 0 Å². The van der Waals surface area contributed by atoms with Gasteiger partial charge >= 0.3 is 0 Å². The van der Waals surface area contributed by atoms with Crippen LogP contribution in [0.2, 0.25) is 0 Å². The summed E-state index contributed by atoms with van der Waals surface area (Å²) in [6, 6.07) is 18.0. The molecule has 1 amide bonds. The fourth-order valence-corrected chi connectivity index (χ4v) is 4.20. The number of unbranched alkanes of at least 4 members (excludes halogenated alkanes) is 1. The molecule has 0 spiro atoms. The number of carbonyl (C=O) groups excluding carboxylic acids is 1. The molecule has 0 aromatic heterocycles. The molecule has 1 unspecified atom stereocenters. The molecule has 5 heteroatoms. The number of aliphatic hydroxyl groups is 1. The van der Waals surface area contributed by atoms with Crippen molar-refractivity contribution in [3.63, 3.8) is 0 Å². The first-order valence-corrected chi connectivity index (χ1v) is 10.3. The molecule has 2 aromatic rings. The number of amides is 1. The van der Waals surface area contributed by atoms with E-state index in [4.69, 9.17) is 0 Å². The van der Waals surface area contributed by atoms with E-state index in [1.165, 1.54) is 5.56 Å². The Bertz CT molecular complexity index is 787. The molecule has 1 fully saturated rings. The van der Waals surface area contributed by atoms with Crippen molar-refractivity contribution in [1.82, 2.24) is 14.7 Å². The van der Waals surface area contributed by atoms with Crippen LogP contribution in [0.1, 0.15) is 40.6 Å². The van der Waals surface area contributed by atoms with Crippen LogP contribution >= 0.6 is 0 Å². The van der Waals surface area contributed by atoms with Gasteiger partial charge in [0.15, 0.2) is 6.23 Å². The van der Waals surface area contributed by atoms with Gasteiger partial charge in [0.25, 0.3) is 5.91 Å². The van der Waals surface area contributed by atoms with Gasteiger partial charge in [-0.3, -0.25) is 9.69 Å². The quantitative estimate of drug-likeness (QED) is 0.752. The van der Waals surface area contributed by atoms with Crippen LogP contribution < -0.4 is 0 Å². The maximum absolute atomic E-state index is 12.4. The molecule has 28 heavy (non-hydrogen) atoms. The molecule has 148 valence electrons. The summed E-state index contributed by atoms with van der Waals surface area (Å²) in [7, 11) is 0. The van der Waals surface area contributed by atoms with Crippen LogP contribution in [0.25, 0.3) is 0 Å². The molecule has 4 rings (SSSR count). The van der Waals surface area contributed by atoms with Crippen LogP contribution in [0.5, 0.6) is 0 Å². The fraction of sp³-hybridized carbons (Fsp3) is 0.435. The number of piperazine rings is 1. The first-order chi connectivity index (χ1) is 13.7. The van der Waals surface area contributed by atoms with Gasteiger partial charge in [0.05, 0.1) is 0 Å². The summed E-state index contributed by atoms with van der Waals surface area (Å²) in [5.74, 6) is -0.0439. The van der Waals surface area contributed by atoms with E-state index in [1.807, 2.05) is 18.2 Å². The van der Waals surface area contributed by atoms with Crippen molar-refractivity contribution < 1.29 is 9.90 Å². The maximum Gasteiger partial charge on any atom is 0.256 e. The minimum atomic E-state index is -0.787. The Morgan fingerprint density at radius 3 is 2.21 bits per heavy atom. The van der Waals surface area contributed by atoms with Gasteiger partial charge in [-0.05, 0) is 31.0 Å². The molecule has 1 N–H and O–H groups in total. The molecule has 5 nitrogen and oxygen atoms in total. The molecule has 2 aromatic carbocycles. The molecule has 1 saturated heterocycles. The van der Waals surface area contributed by atoms with Crippen molar-refractivity contribution in [3.05, 3.63) is 71.3 Å². The molecule has 2 heterocycles. The van der Waals surface area contributed by atoms with Gasteiger partial charge in [0.1, 0.15) is 0 Å². The summed E-state index contributed by atoms with van der Waals surface area (Å²) in [5, 5.41) is 10.4. The summed E-state index contributed by atoms with van der Waals surface area (Å²) >= 11 is 0. The van der Waals surface area contributed by atoms with Crippen LogP contribution in [0.3, 0.4) is 0 Å². The van der Waals surface area contributed by atoms with Crippen LogP contribution in [0, 0.1) is 0 Å². The lowest BCUT2D eigenvalue weighted by Crippen LogP contribution is -2.46. The number of hydrogen-bond donors (Lipinski definition) is 1. The smallest absolute Gasteiger partial charge is 0.256 e. The van der Waals surface area contributed by atoms with Crippen LogP contribution in [0.15, 0.2) is 54.6 Å². The summed E-state index contributed by atoms with van der Waals surface area (Å²) in [6.45, 7) is 7.12. The third kappa shape index (κ3) is 4.27. The van der Waals surface area contributed by atoms with Crippen molar-refractivity contribution in [2.75, 3.05) is 39.3 Å². The summed E-state index contributed by atoms with van der Waals surface area (Å²) in [4.78, 5) is 19.1. The molecular weight excluding hydrogens is 350 g/mol. The van der Waals surface area contributed by atoms with Gasteiger partial charge in [-0.1, -0.05) is 48.5 Å². The highest BCUT2D eigenvalue weighted by atomic mass is 16.3. The highest BCUT2D eigenvalue weighted by Crippen LogP contribution is 2.31. The Kier molecular flexibility index (Phi) is 6.05. The first kappa shape index (κ1) is 19.1. The lowest BCUT2D eigenvalue weighted by Gasteiger charge is -2.34. The van der Waals surface area contributed by atoms with E-state index >= 15 is 0 Å². The lowest BCUT2D eigenvalue weighted by molar-refractivity contribution is 0.0165. The Hall–Kier alpha value is -2.21. The highest BCUT2D eigenvalue weighted by Gasteiger charge is 2.34. The predicted octanol–water partition coefficient (Wildman–Crippen LogP) is 2.73. The predicted molar refractivity (Wildman–Crippen MR) is 110 cm³/mol.